The summed E-state index contributed by atoms with van der Waals surface area (Å²) in [7, 11) is -1.60. The maximum absolute atomic E-state index is 10.2. The van der Waals surface area contributed by atoms with E-state index in [0.29, 0.717) is 17.6 Å². The molecular weight excluding hydrogens is 228 g/mol. The molecule has 0 spiro atoms. The van der Waals surface area contributed by atoms with Crippen molar-refractivity contribution in [2.45, 2.75) is 84.0 Å². The van der Waals surface area contributed by atoms with Crippen LogP contribution in [0.25, 0.3) is 0 Å². The fourth-order valence-corrected chi connectivity index (χ4v) is 3.05. The van der Waals surface area contributed by atoms with E-state index in [9.17, 15) is 4.79 Å². The highest BCUT2D eigenvalue weighted by Crippen LogP contribution is 2.37. The Morgan fingerprint density at radius 1 is 1.18 bits per heavy atom. The Kier molecular flexibility index (Phi) is 7.25. The van der Waals surface area contributed by atoms with Crippen molar-refractivity contribution in [1.82, 2.24) is 0 Å². The van der Waals surface area contributed by atoms with Crippen LogP contribution in [0.1, 0.15) is 59.8 Å². The molecule has 0 aromatic rings. The lowest BCUT2D eigenvalue weighted by molar-refractivity contribution is -0.107. The van der Waals surface area contributed by atoms with Crippen LogP contribution in [0.4, 0.5) is 0 Å². The summed E-state index contributed by atoms with van der Waals surface area (Å²) >= 11 is 0. The van der Waals surface area contributed by atoms with Crippen LogP contribution in [-0.4, -0.2) is 20.7 Å². The number of hydrogen-bond acceptors (Lipinski definition) is 2. The highest BCUT2D eigenvalue weighted by Gasteiger charge is 2.38. The average molecular weight is 258 g/mol. The number of carbonyl (C=O) groups is 1. The smallest absolute Gasteiger partial charge is 0.192 e. The van der Waals surface area contributed by atoms with Crippen LogP contribution in [0, 0.1) is 0 Å². The van der Waals surface area contributed by atoms with Crippen LogP contribution < -0.4 is 0 Å². The molecule has 0 aliphatic carbocycles. The van der Waals surface area contributed by atoms with Gasteiger partial charge < -0.3 is 9.22 Å². The van der Waals surface area contributed by atoms with Crippen molar-refractivity contribution < 1.29 is 9.22 Å². The summed E-state index contributed by atoms with van der Waals surface area (Å²) in [6.45, 7) is 13.6. The number of unbranched alkanes of at least 4 members (excludes halogenated alkanes) is 3. The molecule has 0 heterocycles. The summed E-state index contributed by atoms with van der Waals surface area (Å²) in [5.74, 6) is 0. The third-order valence-corrected chi connectivity index (χ3v) is 8.34. The predicted octanol–water partition coefficient (Wildman–Crippen LogP) is 4.55. The van der Waals surface area contributed by atoms with E-state index < -0.39 is 8.32 Å². The Morgan fingerprint density at radius 3 is 2.24 bits per heavy atom. The third-order valence-electron chi connectivity index (χ3n) is 3.73. The first-order valence-corrected chi connectivity index (χ1v) is 9.73. The molecule has 1 atom stereocenters. The zero-order valence-corrected chi connectivity index (χ0v) is 13.5. The van der Waals surface area contributed by atoms with Gasteiger partial charge in [-0.2, -0.15) is 0 Å². The first kappa shape index (κ1) is 16.8. The molecule has 0 radical (unpaired) electrons. The van der Waals surface area contributed by atoms with Gasteiger partial charge in [0.05, 0.1) is 0 Å². The van der Waals surface area contributed by atoms with Gasteiger partial charge in [-0.3, -0.25) is 0 Å². The molecule has 102 valence electrons. The summed E-state index contributed by atoms with van der Waals surface area (Å²) in [6, 6.07) is 0. The Balaban J connectivity index is 3.85. The minimum absolute atomic E-state index is 0.290. The number of aldehydes is 1. The van der Waals surface area contributed by atoms with Gasteiger partial charge in [-0.25, -0.2) is 0 Å². The van der Waals surface area contributed by atoms with Crippen molar-refractivity contribution >= 4 is 14.6 Å². The van der Waals surface area contributed by atoms with E-state index in [-0.39, 0.29) is 0 Å². The number of carbonyl (C=O) groups excluding carboxylic acids is 1. The molecule has 0 aromatic heterocycles. The van der Waals surface area contributed by atoms with Gasteiger partial charge in [0.2, 0.25) is 0 Å². The molecule has 0 amide bonds. The Bertz CT molecular complexity index is 219. The molecule has 0 N–H and O–H groups in total. The molecule has 0 saturated heterocycles. The van der Waals surface area contributed by atoms with Crippen molar-refractivity contribution in [3.8, 4) is 0 Å². The highest BCUT2D eigenvalue weighted by molar-refractivity contribution is 6.74. The summed E-state index contributed by atoms with van der Waals surface area (Å²) < 4.78 is 6.28. The molecule has 0 bridgehead atoms. The van der Waals surface area contributed by atoms with Crippen LogP contribution in [-0.2, 0) is 9.22 Å². The highest BCUT2D eigenvalue weighted by atomic mass is 28.4. The summed E-state index contributed by atoms with van der Waals surface area (Å²) in [5, 5.41) is 0.290. The molecule has 0 saturated carbocycles. The summed E-state index contributed by atoms with van der Waals surface area (Å²) in [5.41, 5.74) is 0. The molecule has 0 unspecified atom stereocenters. The Labute approximate surface area is 108 Å². The molecule has 2 nitrogen and oxygen atoms in total. The minimum atomic E-state index is -1.60. The normalized spacial score (nSPS) is 14.7. The van der Waals surface area contributed by atoms with Gasteiger partial charge in [-0.05, 0) is 37.9 Å². The lowest BCUT2D eigenvalue weighted by Crippen LogP contribution is -2.43. The maximum Gasteiger partial charge on any atom is 0.192 e. The molecular formula is C14H30O2Si. The first-order valence-electron chi connectivity index (χ1n) is 6.82. The van der Waals surface area contributed by atoms with Crippen LogP contribution in [0.3, 0.4) is 0 Å². The summed E-state index contributed by atoms with van der Waals surface area (Å²) in [6.07, 6.45) is 6.52. The molecule has 0 aliphatic rings. The fraction of sp³-hybridized carbons (Fsp3) is 0.929. The van der Waals surface area contributed by atoms with E-state index >= 15 is 0 Å². The van der Waals surface area contributed by atoms with Crippen molar-refractivity contribution in [2.75, 3.05) is 0 Å². The first-order chi connectivity index (χ1) is 7.70. The van der Waals surface area contributed by atoms with E-state index in [1.165, 1.54) is 6.42 Å². The Morgan fingerprint density at radius 2 is 1.76 bits per heavy atom. The van der Waals surface area contributed by atoms with Crippen molar-refractivity contribution in [3.05, 3.63) is 0 Å². The standard InChI is InChI=1S/C14H30O2Si/c1-13(11-9-7-8-10-12-15)16-17(5,6)14(2,3)4/h12-13H,7-11H2,1-6H3/t13-/m1/s1. The zero-order chi connectivity index (χ0) is 13.5. The van der Waals surface area contributed by atoms with Gasteiger partial charge in [0.25, 0.3) is 0 Å². The molecule has 0 rings (SSSR count). The topological polar surface area (TPSA) is 26.3 Å². The van der Waals surface area contributed by atoms with E-state index in [4.69, 9.17) is 4.43 Å². The predicted molar refractivity (Wildman–Crippen MR) is 76.9 cm³/mol. The van der Waals surface area contributed by atoms with Gasteiger partial charge in [0.1, 0.15) is 6.29 Å². The Hall–Kier alpha value is -0.153. The van der Waals surface area contributed by atoms with Gasteiger partial charge in [-0.15, -0.1) is 0 Å². The van der Waals surface area contributed by atoms with E-state index in [1.807, 2.05) is 0 Å². The van der Waals surface area contributed by atoms with Crippen LogP contribution in [0.5, 0.6) is 0 Å². The van der Waals surface area contributed by atoms with Crippen molar-refractivity contribution in [3.63, 3.8) is 0 Å². The van der Waals surface area contributed by atoms with E-state index in [1.54, 1.807) is 0 Å². The maximum atomic E-state index is 10.2. The minimum Gasteiger partial charge on any atom is -0.414 e. The molecule has 3 heteroatoms. The monoisotopic (exact) mass is 258 g/mol. The number of rotatable bonds is 8. The molecule has 0 fully saturated rings. The third kappa shape index (κ3) is 6.99. The average Bonchev–Trinajstić information content (AvgIpc) is 2.14. The van der Waals surface area contributed by atoms with Crippen LogP contribution in [0.15, 0.2) is 0 Å². The van der Waals surface area contributed by atoms with Gasteiger partial charge >= 0.3 is 0 Å². The molecule has 17 heavy (non-hydrogen) atoms. The fourth-order valence-electron chi connectivity index (χ4n) is 1.57. The van der Waals surface area contributed by atoms with E-state index in [0.717, 1.165) is 25.5 Å². The lowest BCUT2D eigenvalue weighted by Gasteiger charge is -2.38. The second-order valence-corrected chi connectivity index (χ2v) is 11.2. The second kappa shape index (κ2) is 7.32. The largest absolute Gasteiger partial charge is 0.414 e. The quantitative estimate of drug-likeness (QED) is 0.363. The number of hydrogen-bond donors (Lipinski definition) is 0. The molecule has 0 aliphatic heterocycles. The van der Waals surface area contributed by atoms with Crippen LogP contribution in [0.2, 0.25) is 18.1 Å². The van der Waals surface area contributed by atoms with Crippen LogP contribution >= 0.6 is 0 Å². The SMILES string of the molecule is C[C@H](CCCCCC=O)O[Si](C)(C)C(C)(C)C. The van der Waals surface area contributed by atoms with E-state index in [2.05, 4.69) is 40.8 Å². The van der Waals surface area contributed by atoms with Gasteiger partial charge in [-0.1, -0.05) is 33.6 Å². The van der Waals surface area contributed by atoms with Crippen molar-refractivity contribution in [1.29, 1.82) is 0 Å². The zero-order valence-electron chi connectivity index (χ0n) is 12.5. The second-order valence-electron chi connectivity index (χ2n) is 6.49. The summed E-state index contributed by atoms with van der Waals surface area (Å²) in [4.78, 5) is 10.2. The molecule has 0 aromatic carbocycles. The van der Waals surface area contributed by atoms with Gasteiger partial charge in [0, 0.05) is 12.5 Å². The van der Waals surface area contributed by atoms with Gasteiger partial charge in [0.15, 0.2) is 8.32 Å². The van der Waals surface area contributed by atoms with Crippen molar-refractivity contribution in [2.24, 2.45) is 0 Å². The lowest BCUT2D eigenvalue weighted by atomic mass is 10.1.